The van der Waals surface area contributed by atoms with E-state index in [0.29, 0.717) is 12.6 Å². The first kappa shape index (κ1) is 18.3. The van der Waals surface area contributed by atoms with Crippen molar-refractivity contribution in [3.8, 4) is 0 Å². The van der Waals surface area contributed by atoms with E-state index in [1.54, 1.807) is 22.2 Å². The van der Waals surface area contributed by atoms with E-state index in [0.717, 1.165) is 41.6 Å². The van der Waals surface area contributed by atoms with E-state index in [9.17, 15) is 4.79 Å². The monoisotopic (exact) mass is 405 g/mol. The van der Waals surface area contributed by atoms with E-state index in [-0.39, 0.29) is 5.56 Å². The Labute approximate surface area is 172 Å². The quantitative estimate of drug-likeness (QED) is 0.555. The molecule has 7 heteroatoms. The fourth-order valence-electron chi connectivity index (χ4n) is 4.09. The van der Waals surface area contributed by atoms with Gasteiger partial charge in [-0.15, -0.1) is 11.3 Å². The molecule has 29 heavy (non-hydrogen) atoms. The summed E-state index contributed by atoms with van der Waals surface area (Å²) in [7, 11) is 1.94. The molecule has 6 nitrogen and oxygen atoms in total. The molecule has 0 radical (unpaired) electrons. The summed E-state index contributed by atoms with van der Waals surface area (Å²) < 4.78 is 3.56. The van der Waals surface area contributed by atoms with Crippen LogP contribution in [0.3, 0.4) is 0 Å². The van der Waals surface area contributed by atoms with Crippen LogP contribution < -0.4 is 10.9 Å². The fraction of sp³-hybridized carbons (Fsp3) is 0.318. The van der Waals surface area contributed by atoms with Crippen molar-refractivity contribution in [3.05, 3.63) is 81.0 Å². The number of aromatic nitrogens is 4. The molecule has 3 heterocycles. The van der Waals surface area contributed by atoms with Gasteiger partial charge in [0.05, 0.1) is 24.5 Å². The summed E-state index contributed by atoms with van der Waals surface area (Å²) in [5.41, 5.74) is 3.60. The predicted molar refractivity (Wildman–Crippen MR) is 115 cm³/mol. The topological polar surface area (TPSA) is 64.7 Å². The SMILES string of the molecule is Cn1cc(CNC2CCc3c(sc4ncn(Cc5ccccc5)c(=O)c34)C2)cn1. The Morgan fingerprint density at radius 3 is 2.90 bits per heavy atom. The Hall–Kier alpha value is -2.77. The molecule has 148 valence electrons. The van der Waals surface area contributed by atoms with Gasteiger partial charge in [0.15, 0.2) is 0 Å². The molecule has 3 aromatic heterocycles. The van der Waals surface area contributed by atoms with Gasteiger partial charge in [0.2, 0.25) is 0 Å². The van der Waals surface area contributed by atoms with Crippen molar-refractivity contribution in [3.63, 3.8) is 0 Å². The largest absolute Gasteiger partial charge is 0.309 e. The number of rotatable bonds is 5. The maximum atomic E-state index is 13.2. The lowest BCUT2D eigenvalue weighted by Crippen LogP contribution is -2.33. The summed E-state index contributed by atoms with van der Waals surface area (Å²) in [6.07, 6.45) is 8.55. The molecule has 4 aromatic rings. The third kappa shape index (κ3) is 3.63. The predicted octanol–water partition coefficient (Wildman–Crippen LogP) is 2.89. The molecule has 1 atom stereocenters. The Morgan fingerprint density at radius 1 is 1.24 bits per heavy atom. The maximum Gasteiger partial charge on any atom is 0.262 e. The van der Waals surface area contributed by atoms with Crippen LogP contribution in [0.2, 0.25) is 0 Å². The van der Waals surface area contributed by atoms with E-state index in [2.05, 4.69) is 15.4 Å². The van der Waals surface area contributed by atoms with Gasteiger partial charge in [-0.2, -0.15) is 5.10 Å². The Bertz CT molecular complexity index is 1210. The Kier molecular flexibility index (Phi) is 4.77. The first-order valence-electron chi connectivity index (χ1n) is 9.92. The molecule has 0 fully saturated rings. The van der Waals surface area contributed by atoms with E-state index in [1.807, 2.05) is 54.5 Å². The van der Waals surface area contributed by atoms with Gasteiger partial charge < -0.3 is 5.32 Å². The van der Waals surface area contributed by atoms with E-state index in [1.165, 1.54) is 16.0 Å². The molecule has 0 saturated heterocycles. The number of hydrogen-bond acceptors (Lipinski definition) is 5. The number of nitrogens with zero attached hydrogens (tertiary/aromatic N) is 4. The highest BCUT2D eigenvalue weighted by molar-refractivity contribution is 7.18. The van der Waals surface area contributed by atoms with Gasteiger partial charge in [-0.05, 0) is 30.4 Å². The first-order chi connectivity index (χ1) is 14.2. The lowest BCUT2D eigenvalue weighted by atomic mass is 9.93. The summed E-state index contributed by atoms with van der Waals surface area (Å²) in [5.74, 6) is 0. The van der Waals surface area contributed by atoms with Crippen LogP contribution in [0, 0.1) is 0 Å². The van der Waals surface area contributed by atoms with Gasteiger partial charge in [0.25, 0.3) is 5.56 Å². The van der Waals surface area contributed by atoms with Crippen molar-refractivity contribution in [1.29, 1.82) is 0 Å². The number of nitrogens with one attached hydrogen (secondary N) is 1. The number of benzene rings is 1. The second-order valence-corrected chi connectivity index (χ2v) is 8.77. The van der Waals surface area contributed by atoms with Crippen LogP contribution in [0.15, 0.2) is 53.8 Å². The minimum absolute atomic E-state index is 0.0816. The zero-order valence-corrected chi connectivity index (χ0v) is 17.2. The minimum atomic E-state index is 0.0816. The highest BCUT2D eigenvalue weighted by Crippen LogP contribution is 2.33. The number of fused-ring (bicyclic) bond motifs is 3. The van der Waals surface area contributed by atoms with Gasteiger partial charge in [-0.25, -0.2) is 4.98 Å². The van der Waals surface area contributed by atoms with Crippen LogP contribution in [0.5, 0.6) is 0 Å². The Balaban J connectivity index is 1.38. The van der Waals surface area contributed by atoms with Crippen LogP contribution in [-0.4, -0.2) is 25.4 Å². The van der Waals surface area contributed by atoms with E-state index in [4.69, 9.17) is 0 Å². The molecule has 5 rings (SSSR count). The smallest absolute Gasteiger partial charge is 0.262 e. The lowest BCUT2D eigenvalue weighted by molar-refractivity contribution is 0.462. The Morgan fingerprint density at radius 2 is 2.10 bits per heavy atom. The molecular weight excluding hydrogens is 382 g/mol. The van der Waals surface area contributed by atoms with Crippen molar-refractivity contribution in [2.75, 3.05) is 0 Å². The van der Waals surface area contributed by atoms with Crippen molar-refractivity contribution in [2.24, 2.45) is 7.05 Å². The maximum absolute atomic E-state index is 13.2. The van der Waals surface area contributed by atoms with Gasteiger partial charge >= 0.3 is 0 Å². The molecule has 1 aliphatic rings. The summed E-state index contributed by atoms with van der Waals surface area (Å²) in [4.78, 5) is 20.0. The van der Waals surface area contributed by atoms with E-state index >= 15 is 0 Å². The third-order valence-corrected chi connectivity index (χ3v) is 6.75. The molecule has 0 aliphatic heterocycles. The standard InChI is InChI=1S/C22H23N5OS/c1-26-12-16(11-25-26)10-23-17-7-8-18-19(9-17)29-21-20(18)22(28)27(14-24-21)13-15-5-3-2-4-6-15/h2-6,11-12,14,17,23H,7-10,13H2,1H3. The molecule has 1 unspecified atom stereocenters. The second-order valence-electron chi connectivity index (χ2n) is 7.69. The molecule has 1 N–H and O–H groups in total. The normalized spacial score (nSPS) is 16.2. The summed E-state index contributed by atoms with van der Waals surface area (Å²) in [6, 6.07) is 10.5. The zero-order valence-electron chi connectivity index (χ0n) is 16.3. The van der Waals surface area contributed by atoms with Gasteiger partial charge in [0.1, 0.15) is 4.83 Å². The first-order valence-corrected chi connectivity index (χ1v) is 10.7. The average molecular weight is 406 g/mol. The molecule has 0 bridgehead atoms. The van der Waals surface area contributed by atoms with Gasteiger partial charge in [-0.1, -0.05) is 30.3 Å². The number of aryl methyl sites for hydroxylation is 2. The van der Waals surface area contributed by atoms with Crippen LogP contribution in [0.1, 0.15) is 28.0 Å². The molecule has 0 saturated carbocycles. The van der Waals surface area contributed by atoms with Crippen molar-refractivity contribution >= 4 is 21.6 Å². The minimum Gasteiger partial charge on any atom is -0.309 e. The van der Waals surface area contributed by atoms with Crippen LogP contribution in [0.25, 0.3) is 10.2 Å². The van der Waals surface area contributed by atoms with Crippen molar-refractivity contribution < 1.29 is 0 Å². The van der Waals surface area contributed by atoms with Crippen molar-refractivity contribution in [2.45, 2.75) is 38.4 Å². The van der Waals surface area contributed by atoms with Crippen LogP contribution in [-0.2, 0) is 33.0 Å². The van der Waals surface area contributed by atoms with Crippen LogP contribution in [0.4, 0.5) is 0 Å². The highest BCUT2D eigenvalue weighted by atomic mass is 32.1. The molecule has 0 spiro atoms. The summed E-state index contributed by atoms with van der Waals surface area (Å²) in [5, 5.41) is 8.70. The van der Waals surface area contributed by atoms with Crippen LogP contribution >= 0.6 is 11.3 Å². The number of thiophene rings is 1. The second kappa shape index (κ2) is 7.57. The fourth-order valence-corrected chi connectivity index (χ4v) is 5.35. The van der Waals surface area contributed by atoms with Crippen molar-refractivity contribution in [1.82, 2.24) is 24.6 Å². The van der Waals surface area contributed by atoms with Gasteiger partial charge in [0, 0.05) is 36.3 Å². The number of hydrogen-bond donors (Lipinski definition) is 1. The molecule has 1 aliphatic carbocycles. The molecular formula is C22H23N5OS. The lowest BCUT2D eigenvalue weighted by Gasteiger charge is -2.23. The molecule has 0 amide bonds. The molecule has 1 aromatic carbocycles. The summed E-state index contributed by atoms with van der Waals surface area (Å²) in [6.45, 7) is 1.38. The zero-order chi connectivity index (χ0) is 19.8. The van der Waals surface area contributed by atoms with E-state index < -0.39 is 0 Å². The average Bonchev–Trinajstić information content (AvgIpc) is 3.32. The van der Waals surface area contributed by atoms with Gasteiger partial charge in [-0.3, -0.25) is 14.0 Å². The highest BCUT2D eigenvalue weighted by Gasteiger charge is 2.25. The third-order valence-electron chi connectivity index (χ3n) is 5.58. The summed E-state index contributed by atoms with van der Waals surface area (Å²) >= 11 is 1.68.